The molecule has 0 radical (unpaired) electrons. The third-order valence-electron chi connectivity index (χ3n) is 3.77. The molecule has 0 saturated carbocycles. The summed E-state index contributed by atoms with van der Waals surface area (Å²) in [5, 5.41) is 4.03. The SMILES string of the molecule is NCCCCC(F)(F)Cn1cc(-c2cnc3ccccc3n2)cn1. The fraction of sp³-hybridized carbons (Fsp3) is 0.353. The standard InChI is InChI=1S/C17H19F2N5/c18-17(19,7-3-4-8-20)12-24-11-13(9-22-24)16-10-21-14-5-1-2-6-15(14)23-16/h1-2,5-6,9-11H,3-4,7-8,12,20H2. The van der Waals surface area contributed by atoms with E-state index in [1.165, 1.54) is 10.9 Å². The van der Waals surface area contributed by atoms with Crippen LogP contribution in [0.25, 0.3) is 22.3 Å². The molecule has 3 rings (SSSR count). The van der Waals surface area contributed by atoms with Crippen molar-refractivity contribution in [1.29, 1.82) is 0 Å². The summed E-state index contributed by atoms with van der Waals surface area (Å²) in [5.74, 6) is -2.80. The Morgan fingerprint density at radius 3 is 2.67 bits per heavy atom. The molecule has 2 aromatic heterocycles. The third kappa shape index (κ3) is 3.91. The topological polar surface area (TPSA) is 69.6 Å². The number of unbranched alkanes of at least 4 members (excludes halogenated alkanes) is 1. The molecule has 0 saturated heterocycles. The van der Waals surface area contributed by atoms with E-state index in [4.69, 9.17) is 5.73 Å². The van der Waals surface area contributed by atoms with Crippen molar-refractivity contribution in [2.75, 3.05) is 6.54 Å². The number of alkyl halides is 2. The maximum absolute atomic E-state index is 13.9. The minimum Gasteiger partial charge on any atom is -0.330 e. The van der Waals surface area contributed by atoms with Gasteiger partial charge in [0.05, 0.1) is 29.1 Å². The summed E-state index contributed by atoms with van der Waals surface area (Å²) >= 11 is 0. The number of fused-ring (bicyclic) bond motifs is 1. The van der Waals surface area contributed by atoms with Crippen molar-refractivity contribution in [3.63, 3.8) is 0 Å². The molecule has 0 atom stereocenters. The first-order chi connectivity index (χ1) is 11.6. The number of hydrogen-bond donors (Lipinski definition) is 1. The number of rotatable bonds is 7. The average Bonchev–Trinajstić information content (AvgIpc) is 3.02. The fourth-order valence-electron chi connectivity index (χ4n) is 2.52. The Morgan fingerprint density at radius 1 is 1.08 bits per heavy atom. The van der Waals surface area contributed by atoms with Crippen LogP contribution in [0.3, 0.4) is 0 Å². The van der Waals surface area contributed by atoms with Gasteiger partial charge < -0.3 is 5.73 Å². The molecule has 0 unspecified atom stereocenters. The molecular formula is C17H19F2N5. The van der Waals surface area contributed by atoms with Crippen LogP contribution < -0.4 is 5.73 Å². The molecule has 2 N–H and O–H groups in total. The van der Waals surface area contributed by atoms with E-state index in [1.54, 1.807) is 12.4 Å². The molecule has 126 valence electrons. The van der Waals surface area contributed by atoms with Crippen molar-refractivity contribution in [1.82, 2.24) is 19.7 Å². The van der Waals surface area contributed by atoms with Gasteiger partial charge >= 0.3 is 0 Å². The Labute approximate surface area is 138 Å². The molecule has 0 aliphatic heterocycles. The molecule has 0 aliphatic carbocycles. The lowest BCUT2D eigenvalue weighted by atomic mass is 10.1. The Balaban J connectivity index is 1.74. The van der Waals surface area contributed by atoms with Gasteiger partial charge in [-0.25, -0.2) is 13.8 Å². The van der Waals surface area contributed by atoms with Gasteiger partial charge in [-0.15, -0.1) is 0 Å². The van der Waals surface area contributed by atoms with Crippen molar-refractivity contribution in [3.8, 4) is 11.3 Å². The van der Waals surface area contributed by atoms with Gasteiger partial charge in [-0.3, -0.25) is 9.67 Å². The maximum atomic E-state index is 13.9. The highest BCUT2D eigenvalue weighted by molar-refractivity contribution is 5.76. The number of hydrogen-bond acceptors (Lipinski definition) is 4. The highest BCUT2D eigenvalue weighted by Crippen LogP contribution is 2.25. The zero-order chi connectivity index (χ0) is 17.0. The van der Waals surface area contributed by atoms with Gasteiger partial charge in [-0.1, -0.05) is 12.1 Å². The fourth-order valence-corrected chi connectivity index (χ4v) is 2.52. The minimum absolute atomic E-state index is 0.185. The predicted molar refractivity (Wildman–Crippen MR) is 88.6 cm³/mol. The van der Waals surface area contributed by atoms with Crippen LogP contribution in [0.5, 0.6) is 0 Å². The number of nitrogens with zero attached hydrogens (tertiary/aromatic N) is 4. The molecule has 0 bridgehead atoms. The largest absolute Gasteiger partial charge is 0.330 e. The Morgan fingerprint density at radius 2 is 1.88 bits per heavy atom. The monoisotopic (exact) mass is 331 g/mol. The summed E-state index contributed by atoms with van der Waals surface area (Å²) in [6, 6.07) is 7.51. The van der Waals surface area contributed by atoms with Crippen LogP contribution in [0.1, 0.15) is 19.3 Å². The van der Waals surface area contributed by atoms with E-state index in [-0.39, 0.29) is 6.42 Å². The number of aromatic nitrogens is 4. The first-order valence-electron chi connectivity index (χ1n) is 7.90. The van der Waals surface area contributed by atoms with Gasteiger partial charge in [0, 0.05) is 18.2 Å². The zero-order valence-electron chi connectivity index (χ0n) is 13.2. The van der Waals surface area contributed by atoms with E-state index in [2.05, 4.69) is 15.1 Å². The first kappa shape index (κ1) is 16.4. The van der Waals surface area contributed by atoms with Gasteiger partial charge in [0.2, 0.25) is 0 Å². The minimum atomic E-state index is -2.80. The molecule has 7 heteroatoms. The Bertz CT molecular complexity index is 815. The summed E-state index contributed by atoms with van der Waals surface area (Å²) in [5.41, 5.74) is 8.18. The van der Waals surface area contributed by atoms with Gasteiger partial charge in [0.25, 0.3) is 5.92 Å². The number of benzene rings is 1. The number of para-hydroxylation sites is 2. The van der Waals surface area contributed by atoms with Gasteiger partial charge in [0.1, 0.15) is 6.54 Å². The second kappa shape index (κ2) is 7.00. The molecule has 3 aromatic rings. The first-order valence-corrected chi connectivity index (χ1v) is 7.90. The second-order valence-electron chi connectivity index (χ2n) is 5.77. The lowest BCUT2D eigenvalue weighted by molar-refractivity contribution is -0.0293. The predicted octanol–water partition coefficient (Wildman–Crippen LogP) is 3.26. The summed E-state index contributed by atoms with van der Waals surface area (Å²) in [6.45, 7) is -0.0127. The molecule has 24 heavy (non-hydrogen) atoms. The van der Waals surface area contributed by atoms with E-state index < -0.39 is 12.5 Å². The van der Waals surface area contributed by atoms with E-state index in [0.717, 1.165) is 11.0 Å². The van der Waals surface area contributed by atoms with Crippen LogP contribution in [-0.2, 0) is 6.54 Å². The Hall–Kier alpha value is -2.41. The normalized spacial score (nSPS) is 12.0. The summed E-state index contributed by atoms with van der Waals surface area (Å²) in [7, 11) is 0. The van der Waals surface area contributed by atoms with Crippen LogP contribution in [0, 0.1) is 0 Å². The van der Waals surface area contributed by atoms with E-state index in [1.807, 2.05) is 24.3 Å². The Kier molecular flexibility index (Phi) is 4.80. The van der Waals surface area contributed by atoms with Gasteiger partial charge in [0.15, 0.2) is 0 Å². The van der Waals surface area contributed by atoms with Crippen LogP contribution in [-0.4, -0.2) is 32.2 Å². The highest BCUT2D eigenvalue weighted by Gasteiger charge is 2.29. The van der Waals surface area contributed by atoms with Crippen LogP contribution in [0.2, 0.25) is 0 Å². The van der Waals surface area contributed by atoms with Crippen LogP contribution in [0.15, 0.2) is 42.9 Å². The van der Waals surface area contributed by atoms with Crippen LogP contribution in [0.4, 0.5) is 8.78 Å². The smallest absolute Gasteiger partial charge is 0.267 e. The van der Waals surface area contributed by atoms with Crippen molar-refractivity contribution in [2.45, 2.75) is 31.7 Å². The molecule has 0 amide bonds. The van der Waals surface area contributed by atoms with Crippen LogP contribution >= 0.6 is 0 Å². The number of halogens is 2. The third-order valence-corrected chi connectivity index (χ3v) is 3.77. The molecule has 0 spiro atoms. The molecule has 0 fully saturated rings. The lowest BCUT2D eigenvalue weighted by Gasteiger charge is -2.15. The number of nitrogens with two attached hydrogens (primary N) is 1. The second-order valence-corrected chi connectivity index (χ2v) is 5.77. The average molecular weight is 331 g/mol. The quantitative estimate of drug-likeness (QED) is 0.675. The van der Waals surface area contributed by atoms with E-state index in [9.17, 15) is 8.78 Å². The highest BCUT2D eigenvalue weighted by atomic mass is 19.3. The van der Waals surface area contributed by atoms with Gasteiger partial charge in [-0.05, 0) is 31.5 Å². The van der Waals surface area contributed by atoms with Crippen molar-refractivity contribution < 1.29 is 8.78 Å². The van der Waals surface area contributed by atoms with E-state index in [0.29, 0.717) is 30.6 Å². The molecule has 5 nitrogen and oxygen atoms in total. The summed E-state index contributed by atoms with van der Waals surface area (Å²) in [6.07, 6.45) is 5.57. The van der Waals surface area contributed by atoms with Gasteiger partial charge in [-0.2, -0.15) is 5.10 Å². The molecular weight excluding hydrogens is 312 g/mol. The zero-order valence-corrected chi connectivity index (χ0v) is 13.2. The molecule has 1 aromatic carbocycles. The van der Waals surface area contributed by atoms with Crippen molar-refractivity contribution >= 4 is 11.0 Å². The summed E-state index contributed by atoms with van der Waals surface area (Å²) < 4.78 is 29.1. The summed E-state index contributed by atoms with van der Waals surface area (Å²) in [4.78, 5) is 8.83. The molecule has 0 aliphatic rings. The van der Waals surface area contributed by atoms with E-state index >= 15 is 0 Å². The molecule has 2 heterocycles. The maximum Gasteiger partial charge on any atom is 0.267 e. The van der Waals surface area contributed by atoms with Crippen molar-refractivity contribution in [3.05, 3.63) is 42.9 Å². The lowest BCUT2D eigenvalue weighted by Crippen LogP contribution is -2.24. The van der Waals surface area contributed by atoms with Crippen molar-refractivity contribution in [2.24, 2.45) is 5.73 Å².